The molecule has 26 heteroatoms. The fourth-order valence-corrected chi connectivity index (χ4v) is 7.16. The lowest BCUT2D eigenvalue weighted by atomic mass is 10.0. The van der Waals surface area contributed by atoms with Crippen LogP contribution in [0.2, 0.25) is 0 Å². The quantitative estimate of drug-likeness (QED) is 0.0169. The summed E-state index contributed by atoms with van der Waals surface area (Å²) in [5.74, 6) is -9.41. The Morgan fingerprint density at radius 3 is 1.34 bits per heavy atom. The molecule has 0 spiro atoms. The van der Waals surface area contributed by atoms with Crippen molar-refractivity contribution in [2.75, 3.05) is 26.7 Å². The van der Waals surface area contributed by atoms with Crippen LogP contribution in [0.3, 0.4) is 0 Å². The van der Waals surface area contributed by atoms with Crippen LogP contribution < -0.4 is 65.9 Å². The first kappa shape index (κ1) is 64.7. The number of carbonyl (C=O) groups is 9. The number of aliphatic carboxylic acids is 1. The third-order valence-electron chi connectivity index (χ3n) is 11.1. The van der Waals surface area contributed by atoms with Crippen LogP contribution in [-0.2, 0) is 43.2 Å². The Kier molecular flexibility index (Phi) is 35.0. The van der Waals surface area contributed by atoms with Gasteiger partial charge in [-0.2, -0.15) is 0 Å². The topological polar surface area (TPSA) is 453 Å². The molecule has 0 saturated heterocycles. The Balaban J connectivity index is 5.94. The van der Waals surface area contributed by atoms with Gasteiger partial charge in [0.25, 0.3) is 0 Å². The van der Waals surface area contributed by atoms with Gasteiger partial charge in [0.15, 0.2) is 11.9 Å². The van der Waals surface area contributed by atoms with E-state index in [1.807, 2.05) is 0 Å². The van der Waals surface area contributed by atoms with Crippen LogP contribution in [0.5, 0.6) is 0 Å². The number of nitrogens with zero attached hydrogens (tertiary/aromatic N) is 2. The number of amides is 8. The van der Waals surface area contributed by atoms with Gasteiger partial charge in [-0.15, -0.1) is 0 Å². The molecule has 0 aromatic carbocycles. The van der Waals surface area contributed by atoms with Crippen LogP contribution in [0.15, 0.2) is 9.98 Å². The SMILES string of the molecule is CCCCCCCCCCCCCCCC(=O)N[C@@H](CCCN=C(N)N)C(=O)N[C@@H](CO)C(=O)N[C@@H](CC(=O)O)C(=O)N[C@H](C(=O)N[C@@H](CCCN=C(N)N)C(=O)N[C@@H](CCC(N)=O)C(=O)NC)[C@@H](C)O. The largest absolute Gasteiger partial charge is 0.481 e. The van der Waals surface area contributed by atoms with Crippen LogP contribution in [0.25, 0.3) is 0 Å². The molecule has 0 radical (unpaired) electrons. The normalized spacial score (nSPS) is 13.8. The Labute approximate surface area is 416 Å². The molecule has 0 rings (SSSR count). The van der Waals surface area contributed by atoms with E-state index in [4.69, 9.17) is 28.7 Å². The highest BCUT2D eigenvalue weighted by molar-refractivity contribution is 5.98. The predicted octanol–water partition coefficient (Wildman–Crippen LogP) is -2.66. The molecule has 0 fully saturated rings. The van der Waals surface area contributed by atoms with Gasteiger partial charge >= 0.3 is 5.97 Å². The number of rotatable bonds is 41. The number of nitrogens with two attached hydrogens (primary N) is 5. The molecule has 0 aromatic rings. The van der Waals surface area contributed by atoms with Gasteiger partial charge in [0.05, 0.1) is 19.1 Å². The Bertz CT molecular complexity index is 1730. The molecule has 0 aliphatic rings. The van der Waals surface area contributed by atoms with Crippen LogP contribution >= 0.6 is 0 Å². The molecule has 20 N–H and O–H groups in total. The molecule has 0 unspecified atom stereocenters. The summed E-state index contributed by atoms with van der Waals surface area (Å²) in [6.45, 7) is 2.36. The van der Waals surface area contributed by atoms with E-state index in [1.165, 1.54) is 58.4 Å². The molecule has 0 aromatic heterocycles. The number of primary amides is 1. The molecule has 8 amide bonds. The minimum Gasteiger partial charge on any atom is -0.481 e. The van der Waals surface area contributed by atoms with Gasteiger partial charge in [-0.3, -0.25) is 53.1 Å². The molecule has 0 aliphatic heterocycles. The van der Waals surface area contributed by atoms with E-state index in [2.05, 4.69) is 54.1 Å². The van der Waals surface area contributed by atoms with Crippen LogP contribution in [-0.4, -0.2) is 150 Å². The van der Waals surface area contributed by atoms with Crippen molar-refractivity contribution in [1.29, 1.82) is 0 Å². The molecule has 0 aliphatic carbocycles. The molecule has 71 heavy (non-hydrogen) atoms. The number of unbranched alkanes of at least 4 members (excludes halogenated alkanes) is 12. The summed E-state index contributed by atoms with van der Waals surface area (Å²) in [5.41, 5.74) is 26.8. The zero-order valence-electron chi connectivity index (χ0n) is 41.8. The van der Waals surface area contributed by atoms with Crippen LogP contribution in [0.4, 0.5) is 0 Å². The zero-order valence-corrected chi connectivity index (χ0v) is 41.8. The lowest BCUT2D eigenvalue weighted by Gasteiger charge is -2.28. The zero-order chi connectivity index (χ0) is 53.7. The van der Waals surface area contributed by atoms with E-state index >= 15 is 0 Å². The fraction of sp³-hybridized carbons (Fsp3) is 0.756. The molecule has 0 bridgehead atoms. The number of hydrogen-bond donors (Lipinski definition) is 15. The van der Waals surface area contributed by atoms with E-state index in [0.29, 0.717) is 6.42 Å². The van der Waals surface area contributed by atoms with Gasteiger partial charge in [-0.1, -0.05) is 84.0 Å². The number of guanidine groups is 2. The maximum absolute atomic E-state index is 13.6. The number of carboxylic acids is 1. The Morgan fingerprint density at radius 1 is 0.493 bits per heavy atom. The maximum atomic E-state index is 13.6. The number of hydrogen-bond acceptors (Lipinski definition) is 13. The van der Waals surface area contributed by atoms with Gasteiger partial charge in [0.1, 0.15) is 36.3 Å². The summed E-state index contributed by atoms with van der Waals surface area (Å²) in [5, 5.41) is 46.9. The minimum absolute atomic E-state index is 0.000782. The number of aliphatic hydroxyl groups excluding tert-OH is 2. The number of nitrogens with one attached hydrogen (secondary N) is 7. The lowest BCUT2D eigenvalue weighted by molar-refractivity contribution is -0.142. The number of carbonyl (C=O) groups excluding carboxylic acids is 8. The number of likely N-dealkylation sites (N-methyl/N-ethyl adjacent to an activating group) is 1. The van der Waals surface area contributed by atoms with Crippen LogP contribution in [0.1, 0.15) is 149 Å². The van der Waals surface area contributed by atoms with Gasteiger partial charge in [0, 0.05) is 33.0 Å². The standard InChI is InChI=1S/C45H84N14O12/c1-4-5-6-7-8-9-10-11-12-13-14-15-16-21-35(63)54-29(19-17-24-52-44(47)48)39(67)58-33(27-60)42(70)57-32(26-36(64)65)41(69)59-37(28(2)61)43(71)56-30(20-18-25-53-45(49)50)40(68)55-31(38(66)51-3)22-23-34(46)62/h28-33,37,60-61H,4-27H2,1-3H3,(H2,46,62)(H,51,66)(H,54,63)(H,55,68)(H,56,71)(H,57,70)(H,58,67)(H,59,69)(H,64,65)(H4,47,48,52)(H4,49,50,53)/t28-,29+,30+,31+,32+,33+,37+/m1/s1. The second-order valence-electron chi connectivity index (χ2n) is 17.4. The number of aliphatic imine (C=N–C) groups is 2. The van der Waals surface area contributed by atoms with E-state index in [-0.39, 0.29) is 70.0 Å². The summed E-state index contributed by atoms with van der Waals surface area (Å²) < 4.78 is 0. The first-order valence-corrected chi connectivity index (χ1v) is 24.6. The Hall–Kier alpha value is -6.31. The molecule has 7 atom stereocenters. The minimum atomic E-state index is -1.97. The summed E-state index contributed by atoms with van der Waals surface area (Å²) >= 11 is 0. The van der Waals surface area contributed by atoms with Gasteiger partial charge in [-0.25, -0.2) is 0 Å². The third kappa shape index (κ3) is 31.5. The highest BCUT2D eigenvalue weighted by Gasteiger charge is 2.35. The second kappa shape index (κ2) is 38.4. The van der Waals surface area contributed by atoms with Gasteiger partial charge in [0.2, 0.25) is 47.3 Å². The summed E-state index contributed by atoms with van der Waals surface area (Å²) in [6, 6.07) is -9.57. The van der Waals surface area contributed by atoms with E-state index in [0.717, 1.165) is 32.6 Å². The van der Waals surface area contributed by atoms with Crippen molar-refractivity contribution >= 4 is 65.1 Å². The first-order valence-electron chi connectivity index (χ1n) is 24.6. The van der Waals surface area contributed by atoms with Gasteiger partial charge < -0.3 is 81.2 Å². The van der Waals surface area contributed by atoms with E-state index in [9.17, 15) is 58.5 Å². The number of carboxylic acid groups (broad SMARTS) is 1. The summed E-state index contributed by atoms with van der Waals surface area (Å²) in [6.07, 6.45) is 11.6. The predicted molar refractivity (Wildman–Crippen MR) is 265 cm³/mol. The van der Waals surface area contributed by atoms with Crippen molar-refractivity contribution in [2.45, 2.75) is 191 Å². The molecule has 0 saturated carbocycles. The lowest BCUT2D eigenvalue weighted by Crippen LogP contribution is -2.62. The van der Waals surface area contributed by atoms with Crippen molar-refractivity contribution in [2.24, 2.45) is 38.7 Å². The maximum Gasteiger partial charge on any atom is 0.305 e. The highest BCUT2D eigenvalue weighted by atomic mass is 16.4. The smallest absolute Gasteiger partial charge is 0.305 e. The average Bonchev–Trinajstić information content (AvgIpc) is 3.30. The van der Waals surface area contributed by atoms with E-state index < -0.39 is 109 Å². The van der Waals surface area contributed by atoms with Crippen molar-refractivity contribution in [3.8, 4) is 0 Å². The van der Waals surface area contributed by atoms with Crippen molar-refractivity contribution < 1.29 is 58.5 Å². The molecular weight excluding hydrogens is 929 g/mol. The molecule has 406 valence electrons. The first-order chi connectivity index (χ1) is 33.7. The third-order valence-corrected chi connectivity index (χ3v) is 11.1. The molecular formula is C45H84N14O12. The summed E-state index contributed by atoms with van der Waals surface area (Å²) in [4.78, 5) is 124. The molecule has 0 heterocycles. The van der Waals surface area contributed by atoms with Crippen molar-refractivity contribution in [1.82, 2.24) is 37.2 Å². The van der Waals surface area contributed by atoms with Crippen molar-refractivity contribution in [3.63, 3.8) is 0 Å². The van der Waals surface area contributed by atoms with Crippen molar-refractivity contribution in [3.05, 3.63) is 0 Å². The van der Waals surface area contributed by atoms with Crippen LogP contribution in [0, 0.1) is 0 Å². The Morgan fingerprint density at radius 2 is 0.901 bits per heavy atom. The summed E-state index contributed by atoms with van der Waals surface area (Å²) in [7, 11) is 1.29. The second-order valence-corrected chi connectivity index (χ2v) is 17.4. The van der Waals surface area contributed by atoms with E-state index in [1.54, 1.807) is 0 Å². The molecule has 26 nitrogen and oxygen atoms in total. The number of aliphatic hydroxyl groups is 2. The monoisotopic (exact) mass is 1010 g/mol. The average molecular weight is 1010 g/mol. The fourth-order valence-electron chi connectivity index (χ4n) is 7.16. The highest BCUT2D eigenvalue weighted by Crippen LogP contribution is 2.14. The van der Waals surface area contributed by atoms with Gasteiger partial charge in [-0.05, 0) is 45.4 Å².